The van der Waals surface area contributed by atoms with Crippen molar-refractivity contribution in [2.24, 2.45) is 11.8 Å². The molecule has 1 saturated carbocycles. The summed E-state index contributed by atoms with van der Waals surface area (Å²) < 4.78 is 48.3. The lowest BCUT2D eigenvalue weighted by Crippen LogP contribution is -2.14. The van der Waals surface area contributed by atoms with Gasteiger partial charge in [0.1, 0.15) is 0 Å². The molecule has 1 aliphatic carbocycles. The lowest BCUT2D eigenvalue weighted by Gasteiger charge is -2.24. The van der Waals surface area contributed by atoms with Crippen LogP contribution < -0.4 is 0 Å². The van der Waals surface area contributed by atoms with Crippen molar-refractivity contribution < 1.29 is 17.6 Å². The minimum atomic E-state index is -4.82. The Bertz CT molecular complexity index is 244. The van der Waals surface area contributed by atoms with Gasteiger partial charge in [-0.05, 0) is 43.6 Å². The highest BCUT2D eigenvalue weighted by Crippen LogP contribution is 2.34. The van der Waals surface area contributed by atoms with E-state index in [9.17, 15) is 17.6 Å². The summed E-state index contributed by atoms with van der Waals surface area (Å²) in [5, 5.41) is 0. The Labute approximate surface area is 86.7 Å². The molecule has 1 aliphatic rings. The molecule has 0 N–H and O–H groups in total. The summed E-state index contributed by atoms with van der Waals surface area (Å²) in [6.07, 6.45) is 0.542. The Hall–Kier alpha value is -0.800. The van der Waals surface area contributed by atoms with Crippen LogP contribution >= 0.6 is 0 Å². The largest absolute Gasteiger partial charge is 0.442 e. The first kappa shape index (κ1) is 12.3. The number of allylic oxidation sites excluding steroid dienone is 3. The van der Waals surface area contributed by atoms with E-state index in [0.29, 0.717) is 18.8 Å². The summed E-state index contributed by atoms with van der Waals surface area (Å²) in [5.41, 5.74) is 0. The molecule has 0 unspecified atom stereocenters. The maximum absolute atomic E-state index is 12.6. The highest BCUT2D eigenvalue weighted by atomic mass is 19.4. The van der Waals surface area contributed by atoms with Gasteiger partial charge < -0.3 is 0 Å². The van der Waals surface area contributed by atoms with E-state index in [-0.39, 0.29) is 5.92 Å². The van der Waals surface area contributed by atoms with Gasteiger partial charge in [-0.25, -0.2) is 4.39 Å². The smallest absolute Gasteiger partial charge is 0.202 e. The fraction of sp³-hybridized carbons (Fsp3) is 0.636. The molecule has 4 heteroatoms. The van der Waals surface area contributed by atoms with Gasteiger partial charge in [-0.15, -0.1) is 6.58 Å². The van der Waals surface area contributed by atoms with E-state index in [0.717, 1.165) is 18.9 Å². The molecule has 0 nitrogen and oxygen atoms in total. The van der Waals surface area contributed by atoms with E-state index >= 15 is 0 Å². The van der Waals surface area contributed by atoms with Crippen molar-refractivity contribution in [3.8, 4) is 0 Å². The Balaban J connectivity index is 2.51. The second-order valence-electron chi connectivity index (χ2n) is 3.92. The molecule has 0 amide bonds. The molecule has 0 radical (unpaired) electrons. The summed E-state index contributed by atoms with van der Waals surface area (Å²) in [4.78, 5) is 0. The minimum absolute atomic E-state index is 0.275. The van der Waals surface area contributed by atoms with E-state index < -0.39 is 12.0 Å². The molecule has 0 heterocycles. The van der Waals surface area contributed by atoms with Gasteiger partial charge in [0.05, 0.1) is 0 Å². The number of alkyl halides is 3. The van der Waals surface area contributed by atoms with Crippen molar-refractivity contribution in [3.63, 3.8) is 0 Å². The van der Waals surface area contributed by atoms with Gasteiger partial charge in [-0.3, -0.25) is 0 Å². The van der Waals surface area contributed by atoms with Gasteiger partial charge in [0.15, 0.2) is 5.83 Å². The molecular formula is C11H14F4. The Morgan fingerprint density at radius 2 is 1.53 bits per heavy atom. The SMILES string of the molecule is C=CC1CCC(C=C(F)C(F)(F)F)CC1. The average molecular weight is 222 g/mol. The van der Waals surface area contributed by atoms with Crippen LogP contribution in [0.4, 0.5) is 17.6 Å². The molecule has 15 heavy (non-hydrogen) atoms. The van der Waals surface area contributed by atoms with Crippen LogP contribution in [0.3, 0.4) is 0 Å². The zero-order valence-corrected chi connectivity index (χ0v) is 8.36. The molecule has 0 atom stereocenters. The first-order valence-corrected chi connectivity index (χ1v) is 5.00. The number of rotatable bonds is 2. The van der Waals surface area contributed by atoms with E-state index in [4.69, 9.17) is 0 Å². The highest BCUT2D eigenvalue weighted by Gasteiger charge is 2.35. The van der Waals surface area contributed by atoms with Crippen molar-refractivity contribution in [1.29, 1.82) is 0 Å². The molecular weight excluding hydrogens is 208 g/mol. The van der Waals surface area contributed by atoms with Crippen LogP contribution in [0, 0.1) is 11.8 Å². The lowest BCUT2D eigenvalue weighted by molar-refractivity contribution is -0.109. The third-order valence-corrected chi connectivity index (χ3v) is 2.80. The molecule has 0 aromatic carbocycles. The molecule has 0 bridgehead atoms. The Kier molecular flexibility index (Phi) is 3.94. The van der Waals surface area contributed by atoms with Crippen LogP contribution in [0.2, 0.25) is 0 Å². The van der Waals surface area contributed by atoms with Crippen LogP contribution in [0.25, 0.3) is 0 Å². The highest BCUT2D eigenvalue weighted by molar-refractivity contribution is 5.03. The van der Waals surface area contributed by atoms with Gasteiger partial charge >= 0.3 is 6.18 Å². The number of halogens is 4. The summed E-state index contributed by atoms with van der Waals surface area (Å²) in [6.45, 7) is 3.64. The molecule has 0 aliphatic heterocycles. The maximum Gasteiger partial charge on any atom is 0.442 e. The normalized spacial score (nSPS) is 28.9. The predicted octanol–water partition coefficient (Wildman–Crippen LogP) is 4.39. The molecule has 0 aromatic rings. The van der Waals surface area contributed by atoms with Crippen LogP contribution in [0.5, 0.6) is 0 Å². The van der Waals surface area contributed by atoms with Gasteiger partial charge in [-0.2, -0.15) is 13.2 Å². The third-order valence-electron chi connectivity index (χ3n) is 2.80. The predicted molar refractivity (Wildman–Crippen MR) is 50.9 cm³/mol. The van der Waals surface area contributed by atoms with Crippen LogP contribution in [-0.2, 0) is 0 Å². The van der Waals surface area contributed by atoms with Gasteiger partial charge in [0.25, 0.3) is 0 Å². The second kappa shape index (κ2) is 4.81. The van der Waals surface area contributed by atoms with Crippen LogP contribution in [0.15, 0.2) is 24.6 Å². The van der Waals surface area contributed by atoms with Crippen molar-refractivity contribution in [1.82, 2.24) is 0 Å². The van der Waals surface area contributed by atoms with Gasteiger partial charge in [0.2, 0.25) is 0 Å². The fourth-order valence-corrected chi connectivity index (χ4v) is 1.85. The van der Waals surface area contributed by atoms with Crippen molar-refractivity contribution in [2.75, 3.05) is 0 Å². The van der Waals surface area contributed by atoms with E-state index in [1.165, 1.54) is 0 Å². The van der Waals surface area contributed by atoms with Gasteiger partial charge in [0, 0.05) is 0 Å². The summed E-state index contributed by atoms with van der Waals surface area (Å²) in [5.74, 6) is -1.85. The Morgan fingerprint density at radius 1 is 1.07 bits per heavy atom. The zero-order valence-electron chi connectivity index (χ0n) is 8.36. The lowest BCUT2D eigenvalue weighted by atomic mass is 9.82. The van der Waals surface area contributed by atoms with E-state index in [1.807, 2.05) is 6.08 Å². The first-order valence-electron chi connectivity index (χ1n) is 5.00. The maximum atomic E-state index is 12.6. The molecule has 0 saturated heterocycles. The minimum Gasteiger partial charge on any atom is -0.202 e. The molecule has 1 rings (SSSR count). The van der Waals surface area contributed by atoms with E-state index in [2.05, 4.69) is 6.58 Å². The van der Waals surface area contributed by atoms with Crippen molar-refractivity contribution >= 4 is 0 Å². The van der Waals surface area contributed by atoms with Crippen molar-refractivity contribution in [3.05, 3.63) is 24.6 Å². The van der Waals surface area contributed by atoms with Crippen LogP contribution in [0.1, 0.15) is 25.7 Å². The quantitative estimate of drug-likeness (QED) is 0.480. The number of hydrogen-bond acceptors (Lipinski definition) is 0. The molecule has 0 aromatic heterocycles. The third kappa shape index (κ3) is 3.68. The van der Waals surface area contributed by atoms with Crippen molar-refractivity contribution in [2.45, 2.75) is 31.9 Å². The summed E-state index contributed by atoms with van der Waals surface area (Å²) in [7, 11) is 0. The van der Waals surface area contributed by atoms with E-state index in [1.54, 1.807) is 0 Å². The number of hydrogen-bond donors (Lipinski definition) is 0. The Morgan fingerprint density at radius 3 is 1.93 bits per heavy atom. The molecule has 86 valence electrons. The standard InChI is InChI=1S/C11H14F4/c1-2-8-3-5-9(6-4-8)7-10(12)11(13,14)15/h2,7-9H,1,3-6H2. The van der Waals surface area contributed by atoms with Gasteiger partial charge in [-0.1, -0.05) is 6.08 Å². The summed E-state index contributed by atoms with van der Waals surface area (Å²) in [6, 6.07) is 0. The summed E-state index contributed by atoms with van der Waals surface area (Å²) >= 11 is 0. The van der Waals surface area contributed by atoms with Crippen LogP contribution in [-0.4, -0.2) is 6.18 Å². The molecule has 0 spiro atoms. The monoisotopic (exact) mass is 222 g/mol. The fourth-order valence-electron chi connectivity index (χ4n) is 1.85. The first-order chi connectivity index (χ1) is 6.93. The zero-order chi connectivity index (χ0) is 11.5. The average Bonchev–Trinajstić information content (AvgIpc) is 2.17. The molecule has 1 fully saturated rings. The topological polar surface area (TPSA) is 0 Å². The second-order valence-corrected chi connectivity index (χ2v) is 3.92.